The zero-order valence-electron chi connectivity index (χ0n) is 21.5. The van der Waals surface area contributed by atoms with Gasteiger partial charge in [-0.1, -0.05) is 55.0 Å². The molecule has 0 fully saturated rings. The van der Waals surface area contributed by atoms with Crippen LogP contribution in [0.15, 0.2) is 77.7 Å². The largest absolute Gasteiger partial charge is 0.354 e. The summed E-state index contributed by atoms with van der Waals surface area (Å²) in [5.74, 6) is -2.70. The van der Waals surface area contributed by atoms with Crippen LogP contribution in [0.2, 0.25) is 0 Å². The highest BCUT2D eigenvalue weighted by molar-refractivity contribution is 7.92. The van der Waals surface area contributed by atoms with E-state index >= 15 is 0 Å². The molecule has 0 spiro atoms. The van der Waals surface area contributed by atoms with Gasteiger partial charge in [-0.15, -0.1) is 0 Å². The standard InChI is InChI=1S/C28H31F2N3O4S/c1-4-17-31-28(35)21(3)32(18-22-9-5-6-10-24(22)29)27(34)19-33(26-12-8-7-11-25(26)30)38(36,37)23-15-13-20(2)14-16-23/h5-16,21H,4,17-19H2,1-3H3,(H,31,35). The minimum Gasteiger partial charge on any atom is -0.354 e. The van der Waals surface area contributed by atoms with Crippen molar-refractivity contribution in [2.75, 3.05) is 17.4 Å². The van der Waals surface area contributed by atoms with Crippen molar-refractivity contribution in [3.05, 3.63) is 95.6 Å². The van der Waals surface area contributed by atoms with Crippen LogP contribution < -0.4 is 9.62 Å². The molecule has 202 valence electrons. The van der Waals surface area contributed by atoms with Gasteiger partial charge in [-0.2, -0.15) is 0 Å². The number of anilines is 1. The smallest absolute Gasteiger partial charge is 0.264 e. The normalized spacial score (nSPS) is 12.0. The van der Waals surface area contributed by atoms with Gasteiger partial charge in [-0.25, -0.2) is 17.2 Å². The number of carbonyl (C=O) groups excluding carboxylic acids is 2. The van der Waals surface area contributed by atoms with E-state index in [1.165, 1.54) is 55.5 Å². The first-order chi connectivity index (χ1) is 18.1. The van der Waals surface area contributed by atoms with E-state index in [2.05, 4.69) is 5.32 Å². The highest BCUT2D eigenvalue weighted by atomic mass is 32.2. The van der Waals surface area contributed by atoms with Crippen molar-refractivity contribution in [3.63, 3.8) is 0 Å². The van der Waals surface area contributed by atoms with Gasteiger partial charge < -0.3 is 10.2 Å². The molecular formula is C28H31F2N3O4S. The minimum atomic E-state index is -4.39. The molecule has 2 amide bonds. The average molecular weight is 544 g/mol. The van der Waals surface area contributed by atoms with Gasteiger partial charge >= 0.3 is 0 Å². The van der Waals surface area contributed by atoms with E-state index < -0.39 is 46.1 Å². The summed E-state index contributed by atoms with van der Waals surface area (Å²) in [5, 5.41) is 2.70. The number of nitrogens with one attached hydrogen (secondary N) is 1. The molecule has 10 heteroatoms. The predicted molar refractivity (Wildman–Crippen MR) is 142 cm³/mol. The summed E-state index contributed by atoms with van der Waals surface area (Å²) in [5.41, 5.74) is 0.644. The van der Waals surface area contributed by atoms with Gasteiger partial charge in [0.25, 0.3) is 10.0 Å². The lowest BCUT2D eigenvalue weighted by Crippen LogP contribution is -2.51. The van der Waals surface area contributed by atoms with Gasteiger partial charge in [0, 0.05) is 18.7 Å². The van der Waals surface area contributed by atoms with Crippen LogP contribution in [0.5, 0.6) is 0 Å². The lowest BCUT2D eigenvalue weighted by atomic mass is 10.1. The van der Waals surface area contributed by atoms with Crippen molar-refractivity contribution < 1.29 is 26.8 Å². The van der Waals surface area contributed by atoms with E-state index in [0.29, 0.717) is 17.3 Å². The highest BCUT2D eigenvalue weighted by Crippen LogP contribution is 2.27. The maximum Gasteiger partial charge on any atom is 0.264 e. The summed E-state index contributed by atoms with van der Waals surface area (Å²) in [6, 6.07) is 15.9. The summed E-state index contributed by atoms with van der Waals surface area (Å²) < 4.78 is 57.4. The molecule has 3 rings (SSSR count). The van der Waals surface area contributed by atoms with Crippen LogP contribution >= 0.6 is 0 Å². The number of sulfonamides is 1. The van der Waals surface area contributed by atoms with Crippen LogP contribution in [0.1, 0.15) is 31.4 Å². The minimum absolute atomic E-state index is 0.131. The first-order valence-electron chi connectivity index (χ1n) is 12.2. The SMILES string of the molecule is CCCNC(=O)C(C)N(Cc1ccccc1F)C(=O)CN(c1ccccc1F)S(=O)(=O)c1ccc(C)cc1. The molecule has 0 aliphatic heterocycles. The Labute approximate surface area is 222 Å². The van der Waals surface area contributed by atoms with Crippen molar-refractivity contribution >= 4 is 27.5 Å². The number of hydrogen-bond donors (Lipinski definition) is 1. The van der Waals surface area contributed by atoms with Crippen LogP contribution in [-0.2, 0) is 26.2 Å². The number of amides is 2. The van der Waals surface area contributed by atoms with Crippen molar-refractivity contribution in [2.24, 2.45) is 0 Å². The fourth-order valence-electron chi connectivity index (χ4n) is 3.79. The summed E-state index contributed by atoms with van der Waals surface area (Å²) >= 11 is 0. The number of para-hydroxylation sites is 1. The monoisotopic (exact) mass is 543 g/mol. The highest BCUT2D eigenvalue weighted by Gasteiger charge is 2.33. The predicted octanol–water partition coefficient (Wildman–Crippen LogP) is 4.41. The van der Waals surface area contributed by atoms with E-state index in [0.717, 1.165) is 16.5 Å². The number of nitrogens with zero attached hydrogens (tertiary/aromatic N) is 2. The van der Waals surface area contributed by atoms with Crippen molar-refractivity contribution in [1.29, 1.82) is 0 Å². The molecule has 1 unspecified atom stereocenters. The molecule has 3 aromatic rings. The summed E-state index contributed by atoms with van der Waals surface area (Å²) in [6.45, 7) is 4.41. The Morgan fingerprint density at radius 1 is 0.921 bits per heavy atom. The van der Waals surface area contributed by atoms with E-state index in [1.54, 1.807) is 25.1 Å². The van der Waals surface area contributed by atoms with Gasteiger partial charge in [0.15, 0.2) is 0 Å². The summed E-state index contributed by atoms with van der Waals surface area (Å²) in [4.78, 5) is 27.5. The number of hydrogen-bond acceptors (Lipinski definition) is 4. The lowest BCUT2D eigenvalue weighted by Gasteiger charge is -2.32. The second-order valence-corrected chi connectivity index (χ2v) is 10.7. The third-order valence-electron chi connectivity index (χ3n) is 6.02. The number of carbonyl (C=O) groups is 2. The Bertz CT molecular complexity index is 1380. The fraction of sp³-hybridized carbons (Fsp3) is 0.286. The molecule has 0 saturated heterocycles. The van der Waals surface area contributed by atoms with Crippen LogP contribution in [0.4, 0.5) is 14.5 Å². The van der Waals surface area contributed by atoms with Gasteiger partial charge in [0.2, 0.25) is 11.8 Å². The van der Waals surface area contributed by atoms with Crippen LogP contribution in [0, 0.1) is 18.6 Å². The Balaban J connectivity index is 2.04. The zero-order valence-corrected chi connectivity index (χ0v) is 22.3. The Hall–Kier alpha value is -3.79. The molecule has 0 saturated carbocycles. The Morgan fingerprint density at radius 2 is 1.53 bits per heavy atom. The van der Waals surface area contributed by atoms with Crippen LogP contribution in [0.3, 0.4) is 0 Å². The van der Waals surface area contributed by atoms with Crippen molar-refractivity contribution in [2.45, 2.75) is 44.7 Å². The van der Waals surface area contributed by atoms with Gasteiger partial charge in [0.1, 0.15) is 24.2 Å². The molecule has 0 heterocycles. The topological polar surface area (TPSA) is 86.8 Å². The lowest BCUT2D eigenvalue weighted by molar-refractivity contribution is -0.139. The number of aryl methyl sites for hydroxylation is 1. The van der Waals surface area contributed by atoms with Crippen molar-refractivity contribution in [1.82, 2.24) is 10.2 Å². The zero-order chi connectivity index (χ0) is 27.9. The quantitative estimate of drug-likeness (QED) is 0.388. The fourth-order valence-corrected chi connectivity index (χ4v) is 5.22. The van der Waals surface area contributed by atoms with Gasteiger partial charge in [-0.05, 0) is 50.6 Å². The van der Waals surface area contributed by atoms with Crippen molar-refractivity contribution in [3.8, 4) is 0 Å². The number of halogens is 2. The molecule has 0 aromatic heterocycles. The van der Waals surface area contributed by atoms with E-state index in [9.17, 15) is 26.8 Å². The Kier molecular flexibility index (Phi) is 9.57. The third kappa shape index (κ3) is 6.74. The first-order valence-corrected chi connectivity index (χ1v) is 13.6. The van der Waals surface area contributed by atoms with Gasteiger partial charge in [0.05, 0.1) is 10.6 Å². The average Bonchev–Trinajstić information content (AvgIpc) is 2.90. The van der Waals surface area contributed by atoms with E-state index in [1.807, 2.05) is 6.92 Å². The first kappa shape index (κ1) is 28.8. The second kappa shape index (κ2) is 12.6. The van der Waals surface area contributed by atoms with E-state index in [-0.39, 0.29) is 22.7 Å². The number of rotatable bonds is 11. The molecular weight excluding hydrogens is 512 g/mol. The molecule has 7 nitrogen and oxygen atoms in total. The second-order valence-electron chi connectivity index (χ2n) is 8.86. The van der Waals surface area contributed by atoms with Crippen LogP contribution in [0.25, 0.3) is 0 Å². The van der Waals surface area contributed by atoms with Crippen LogP contribution in [-0.4, -0.2) is 44.3 Å². The molecule has 3 aromatic carbocycles. The number of benzene rings is 3. The maximum atomic E-state index is 14.9. The maximum absolute atomic E-state index is 14.9. The summed E-state index contributed by atoms with van der Waals surface area (Å²) in [7, 11) is -4.39. The molecule has 38 heavy (non-hydrogen) atoms. The Morgan fingerprint density at radius 3 is 2.13 bits per heavy atom. The molecule has 0 radical (unpaired) electrons. The molecule has 1 atom stereocenters. The van der Waals surface area contributed by atoms with Gasteiger partial charge in [-0.3, -0.25) is 13.9 Å². The molecule has 0 bridgehead atoms. The molecule has 0 aliphatic rings. The molecule has 1 N–H and O–H groups in total. The molecule has 0 aliphatic carbocycles. The third-order valence-corrected chi connectivity index (χ3v) is 7.80. The summed E-state index contributed by atoms with van der Waals surface area (Å²) in [6.07, 6.45) is 0.662. The van der Waals surface area contributed by atoms with E-state index in [4.69, 9.17) is 0 Å².